The molecule has 2 aliphatic carbocycles. The monoisotopic (exact) mass is 211 g/mol. The van der Waals surface area contributed by atoms with Gasteiger partial charge in [0.1, 0.15) is 0 Å². The van der Waals surface area contributed by atoms with E-state index in [-0.39, 0.29) is 11.8 Å². The lowest BCUT2D eigenvalue weighted by Gasteiger charge is -2.35. The Balaban J connectivity index is 1.86. The molecule has 2 aliphatic rings. The second-order valence-corrected chi connectivity index (χ2v) is 4.79. The van der Waals surface area contributed by atoms with Crippen LogP contribution in [-0.2, 0) is 9.59 Å². The van der Waals surface area contributed by atoms with Crippen LogP contribution in [0.15, 0.2) is 0 Å². The van der Waals surface area contributed by atoms with Crippen molar-refractivity contribution in [3.05, 3.63) is 0 Å². The lowest BCUT2D eigenvalue weighted by atomic mass is 9.73. The average molecular weight is 211 g/mol. The van der Waals surface area contributed by atoms with Gasteiger partial charge in [0.25, 0.3) is 0 Å². The molecule has 2 rings (SSSR count). The topological polar surface area (TPSA) is 57.6 Å². The van der Waals surface area contributed by atoms with Gasteiger partial charge in [-0.3, -0.25) is 9.59 Å². The van der Waals surface area contributed by atoms with Crippen molar-refractivity contribution in [3.8, 4) is 0 Å². The minimum atomic E-state index is -0.820. The highest BCUT2D eigenvalue weighted by molar-refractivity contribution is 5.86. The van der Waals surface area contributed by atoms with E-state index in [0.29, 0.717) is 12.3 Å². The van der Waals surface area contributed by atoms with E-state index >= 15 is 0 Å². The number of rotatable bonds is 4. The molecule has 2 fully saturated rings. The number of amides is 1. The largest absolute Gasteiger partial charge is 0.481 e. The van der Waals surface area contributed by atoms with Crippen molar-refractivity contribution in [2.75, 3.05) is 13.6 Å². The zero-order valence-corrected chi connectivity index (χ0v) is 8.98. The average Bonchev–Trinajstić information content (AvgIpc) is 2.84. The minimum absolute atomic E-state index is 0.0283. The van der Waals surface area contributed by atoms with Crippen LogP contribution in [-0.4, -0.2) is 35.5 Å². The van der Waals surface area contributed by atoms with Crippen LogP contribution in [0.1, 0.15) is 25.7 Å². The molecule has 0 aliphatic heterocycles. The number of nitrogens with zero attached hydrogens (tertiary/aromatic N) is 1. The third-order valence-corrected chi connectivity index (χ3v) is 3.51. The molecule has 0 spiro atoms. The number of hydrogen-bond acceptors (Lipinski definition) is 2. The predicted octanol–water partition coefficient (Wildman–Crippen LogP) is 0.966. The van der Waals surface area contributed by atoms with E-state index in [1.807, 2.05) is 0 Å². The molecule has 4 nitrogen and oxygen atoms in total. The summed E-state index contributed by atoms with van der Waals surface area (Å²) < 4.78 is 0. The minimum Gasteiger partial charge on any atom is -0.481 e. The normalized spacial score (nSPS) is 29.4. The van der Waals surface area contributed by atoms with Crippen molar-refractivity contribution in [1.82, 2.24) is 4.90 Å². The van der Waals surface area contributed by atoms with Gasteiger partial charge in [-0.2, -0.15) is 0 Å². The van der Waals surface area contributed by atoms with Crippen molar-refractivity contribution < 1.29 is 14.7 Å². The highest BCUT2D eigenvalue weighted by Gasteiger charge is 2.43. The molecule has 84 valence electrons. The maximum Gasteiger partial charge on any atom is 0.307 e. The van der Waals surface area contributed by atoms with Crippen LogP contribution in [0.5, 0.6) is 0 Å². The molecular weight excluding hydrogens is 194 g/mol. The van der Waals surface area contributed by atoms with Gasteiger partial charge in [-0.05, 0) is 31.6 Å². The molecule has 0 saturated heterocycles. The summed E-state index contributed by atoms with van der Waals surface area (Å²) in [5, 5.41) is 8.86. The fourth-order valence-electron chi connectivity index (χ4n) is 2.15. The molecule has 0 aromatic carbocycles. The highest BCUT2D eigenvalue weighted by atomic mass is 16.4. The van der Waals surface area contributed by atoms with E-state index in [1.54, 1.807) is 11.9 Å². The van der Waals surface area contributed by atoms with Gasteiger partial charge >= 0.3 is 5.97 Å². The van der Waals surface area contributed by atoms with Crippen LogP contribution in [0, 0.1) is 17.8 Å². The molecule has 0 bridgehead atoms. The van der Waals surface area contributed by atoms with E-state index in [2.05, 4.69) is 0 Å². The van der Waals surface area contributed by atoms with Gasteiger partial charge in [-0.15, -0.1) is 0 Å². The van der Waals surface area contributed by atoms with Crippen molar-refractivity contribution in [1.29, 1.82) is 0 Å². The first-order valence-corrected chi connectivity index (χ1v) is 5.57. The van der Waals surface area contributed by atoms with Crippen molar-refractivity contribution in [2.24, 2.45) is 17.8 Å². The summed E-state index contributed by atoms with van der Waals surface area (Å²) in [4.78, 5) is 24.4. The molecule has 2 atom stereocenters. The Morgan fingerprint density at radius 2 is 1.80 bits per heavy atom. The summed E-state index contributed by atoms with van der Waals surface area (Å²) in [6.45, 7) is 0.807. The third-order valence-electron chi connectivity index (χ3n) is 3.51. The van der Waals surface area contributed by atoms with Crippen LogP contribution in [0.4, 0.5) is 0 Å². The number of carboxylic acid groups (broad SMARTS) is 1. The first kappa shape index (κ1) is 10.5. The molecule has 0 aromatic heterocycles. The molecule has 2 saturated carbocycles. The molecule has 0 aromatic rings. The van der Waals surface area contributed by atoms with Crippen LogP contribution < -0.4 is 0 Å². The highest BCUT2D eigenvalue weighted by Crippen LogP contribution is 2.37. The molecule has 4 heteroatoms. The quantitative estimate of drug-likeness (QED) is 0.753. The second-order valence-electron chi connectivity index (χ2n) is 4.79. The van der Waals surface area contributed by atoms with Gasteiger partial charge in [-0.1, -0.05) is 0 Å². The lowest BCUT2D eigenvalue weighted by Crippen LogP contribution is -2.45. The van der Waals surface area contributed by atoms with E-state index in [4.69, 9.17) is 5.11 Å². The Labute approximate surface area is 89.3 Å². The molecule has 1 N–H and O–H groups in total. The fourth-order valence-corrected chi connectivity index (χ4v) is 2.15. The van der Waals surface area contributed by atoms with Crippen molar-refractivity contribution in [2.45, 2.75) is 25.7 Å². The number of carbonyl (C=O) groups is 2. The smallest absolute Gasteiger partial charge is 0.307 e. The number of aliphatic carboxylic acids is 1. The Morgan fingerprint density at radius 3 is 2.20 bits per heavy atom. The summed E-state index contributed by atoms with van der Waals surface area (Å²) in [7, 11) is 1.79. The zero-order chi connectivity index (χ0) is 11.0. The Kier molecular flexibility index (Phi) is 2.67. The number of carboxylic acids is 1. The SMILES string of the molecule is CN(CC1CC1)C(=O)C1CCC1C(=O)O. The molecule has 0 radical (unpaired) electrons. The van der Waals surface area contributed by atoms with Gasteiger partial charge in [0.15, 0.2) is 0 Å². The maximum absolute atomic E-state index is 11.9. The van der Waals surface area contributed by atoms with Crippen molar-refractivity contribution >= 4 is 11.9 Å². The number of hydrogen-bond donors (Lipinski definition) is 1. The lowest BCUT2D eigenvalue weighted by molar-refractivity contribution is -0.156. The molecule has 2 unspecified atom stereocenters. The maximum atomic E-state index is 11.9. The van der Waals surface area contributed by atoms with Crippen molar-refractivity contribution in [3.63, 3.8) is 0 Å². The van der Waals surface area contributed by atoms with Crippen LogP contribution in [0.2, 0.25) is 0 Å². The van der Waals surface area contributed by atoms with Crippen LogP contribution in [0.3, 0.4) is 0 Å². The summed E-state index contributed by atoms with van der Waals surface area (Å²) in [5.41, 5.74) is 0. The van der Waals surface area contributed by atoms with Crippen LogP contribution >= 0.6 is 0 Å². The van der Waals surface area contributed by atoms with Gasteiger partial charge in [0.05, 0.1) is 11.8 Å². The Hall–Kier alpha value is -1.06. The first-order chi connectivity index (χ1) is 7.09. The predicted molar refractivity (Wildman–Crippen MR) is 54.2 cm³/mol. The summed E-state index contributed by atoms with van der Waals surface area (Å²) >= 11 is 0. The van der Waals surface area contributed by atoms with E-state index in [9.17, 15) is 9.59 Å². The van der Waals surface area contributed by atoms with Gasteiger partial charge in [0.2, 0.25) is 5.91 Å². The molecule has 0 heterocycles. The third kappa shape index (κ3) is 2.13. The van der Waals surface area contributed by atoms with E-state index < -0.39 is 11.9 Å². The van der Waals surface area contributed by atoms with E-state index in [0.717, 1.165) is 13.0 Å². The molecular formula is C11H17NO3. The standard InChI is InChI=1S/C11H17NO3/c1-12(6-7-2-3-7)10(13)8-4-5-9(8)11(14)15/h7-9H,2-6H2,1H3,(H,14,15). The van der Waals surface area contributed by atoms with Gasteiger partial charge in [0, 0.05) is 13.6 Å². The molecule has 1 amide bonds. The van der Waals surface area contributed by atoms with Gasteiger partial charge < -0.3 is 10.0 Å². The summed E-state index contributed by atoms with van der Waals surface area (Å²) in [6.07, 6.45) is 3.82. The second kappa shape index (κ2) is 3.83. The fraction of sp³-hybridized carbons (Fsp3) is 0.818. The Morgan fingerprint density at radius 1 is 1.20 bits per heavy atom. The summed E-state index contributed by atoms with van der Waals surface area (Å²) in [6, 6.07) is 0. The Bertz CT molecular complexity index is 286. The van der Waals surface area contributed by atoms with Gasteiger partial charge in [-0.25, -0.2) is 0 Å². The zero-order valence-electron chi connectivity index (χ0n) is 8.98. The molecule has 15 heavy (non-hydrogen) atoms. The first-order valence-electron chi connectivity index (χ1n) is 5.57. The van der Waals surface area contributed by atoms with Crippen LogP contribution in [0.25, 0.3) is 0 Å². The number of carbonyl (C=O) groups excluding carboxylic acids is 1. The van der Waals surface area contributed by atoms with E-state index in [1.165, 1.54) is 12.8 Å². The summed E-state index contributed by atoms with van der Waals surface area (Å²) in [5.74, 6) is -0.812.